The second-order valence-electron chi connectivity index (χ2n) is 12.7. The van der Waals surface area contributed by atoms with Crippen LogP contribution in [-0.2, 0) is 6.54 Å². The van der Waals surface area contributed by atoms with Gasteiger partial charge in [0.05, 0.1) is 16.9 Å². The molecule has 0 aliphatic carbocycles. The van der Waals surface area contributed by atoms with Crippen LogP contribution in [0, 0.1) is 11.6 Å². The minimum Gasteiger partial charge on any atom is -0.335 e. The zero-order valence-electron chi connectivity index (χ0n) is 29.1. The van der Waals surface area contributed by atoms with E-state index in [1.807, 2.05) is 18.2 Å². The number of hydrogen-bond donors (Lipinski definition) is 0. The van der Waals surface area contributed by atoms with E-state index < -0.39 is 6.15 Å². The van der Waals surface area contributed by atoms with Crippen molar-refractivity contribution in [2.24, 2.45) is 0 Å². The van der Waals surface area contributed by atoms with Gasteiger partial charge in [0, 0.05) is 23.6 Å². The minimum atomic E-state index is -0.974. The van der Waals surface area contributed by atoms with Gasteiger partial charge >= 0.3 is 0 Å². The lowest BCUT2D eigenvalue weighted by molar-refractivity contribution is -0.665. The Hall–Kier alpha value is -4.46. The van der Waals surface area contributed by atoms with Gasteiger partial charge in [0.1, 0.15) is 22.9 Å². The Balaban J connectivity index is 0.000000175. The lowest BCUT2D eigenvalue weighted by Crippen LogP contribution is -2.69. The fraction of sp³-hybridized carbons (Fsp3) is 0.186. The van der Waals surface area contributed by atoms with Crippen molar-refractivity contribution in [3.63, 3.8) is 0 Å². The van der Waals surface area contributed by atoms with Crippen molar-refractivity contribution in [3.05, 3.63) is 161 Å². The van der Waals surface area contributed by atoms with Crippen molar-refractivity contribution in [1.29, 1.82) is 0 Å². The highest BCUT2D eigenvalue weighted by Gasteiger charge is 2.34. The van der Waals surface area contributed by atoms with E-state index in [1.165, 1.54) is 28.5 Å². The molecule has 0 bridgehead atoms. The quantitative estimate of drug-likeness (QED) is 0.110. The van der Waals surface area contributed by atoms with E-state index in [-0.39, 0.29) is 11.6 Å². The highest BCUT2D eigenvalue weighted by atomic mass is 32.2. The summed E-state index contributed by atoms with van der Waals surface area (Å²) < 4.78 is 30.4. The Morgan fingerprint density at radius 3 is 1.84 bits per heavy atom. The standard InChI is InChI=1S/C22H24B.C21H19F2N2S2/c1-3-19(2)23(20-13-7-4-8-14-20,21-15-9-5-10-16-21)22-17-11-6-12-18-22;1-3-24-16-12-14(22)8-10-18(16)26-20(24)6-5-7-21-25(4-2)17-13-15(23)9-11-19(17)27-21/h4-19H,3H2,1-2H3;5-13H,3-4H2,1-2H3/q-1;+1. The van der Waals surface area contributed by atoms with Crippen LogP contribution in [0.15, 0.2) is 149 Å². The van der Waals surface area contributed by atoms with Crippen molar-refractivity contribution >= 4 is 67.6 Å². The molecule has 2 nitrogen and oxygen atoms in total. The van der Waals surface area contributed by atoms with Crippen molar-refractivity contribution in [2.45, 2.75) is 51.4 Å². The molecule has 1 atom stereocenters. The summed E-state index contributed by atoms with van der Waals surface area (Å²) in [5, 5.41) is 2.15. The van der Waals surface area contributed by atoms with Gasteiger partial charge in [-0.1, -0.05) is 140 Å². The van der Waals surface area contributed by atoms with Gasteiger partial charge in [0.2, 0.25) is 5.52 Å². The smallest absolute Gasteiger partial charge is 0.262 e. The number of rotatable bonds is 9. The third-order valence-corrected chi connectivity index (χ3v) is 12.2. The van der Waals surface area contributed by atoms with E-state index in [0.29, 0.717) is 5.82 Å². The average molecular weight is 701 g/mol. The molecule has 5 aromatic carbocycles. The van der Waals surface area contributed by atoms with Crippen LogP contribution in [0.3, 0.4) is 0 Å². The SMILES string of the molecule is CCC(C)[B-](c1ccccc1)(c1ccccc1)c1ccccc1.CCN1/C(=C/C=C/c2sc3ccc(F)cc3[n+]2CC)Sc2ccc(F)cc21. The number of aromatic nitrogens is 1. The topological polar surface area (TPSA) is 7.12 Å². The van der Waals surface area contributed by atoms with Gasteiger partial charge in [-0.15, -0.1) is 0 Å². The molecule has 0 saturated carbocycles. The zero-order valence-corrected chi connectivity index (χ0v) is 30.7. The van der Waals surface area contributed by atoms with Crippen LogP contribution in [0.1, 0.15) is 39.1 Å². The number of anilines is 1. The molecule has 0 amide bonds. The number of fused-ring (bicyclic) bond motifs is 2. The summed E-state index contributed by atoms with van der Waals surface area (Å²) in [5.41, 5.74) is 6.13. The first-order valence-electron chi connectivity index (χ1n) is 17.5. The van der Waals surface area contributed by atoms with Gasteiger partial charge < -0.3 is 4.90 Å². The van der Waals surface area contributed by atoms with Crippen molar-refractivity contribution in [3.8, 4) is 0 Å². The maximum Gasteiger partial charge on any atom is 0.262 e. The second-order valence-corrected chi connectivity index (χ2v) is 14.8. The Bertz CT molecular complexity index is 2000. The number of allylic oxidation sites excluding steroid dienone is 2. The summed E-state index contributed by atoms with van der Waals surface area (Å²) in [6.45, 7) is 10.4. The van der Waals surface area contributed by atoms with E-state index in [2.05, 4.69) is 140 Å². The molecule has 1 unspecified atom stereocenters. The summed E-state index contributed by atoms with van der Waals surface area (Å²) in [5.74, 6) is 0.124. The minimum absolute atomic E-state index is 0.217. The van der Waals surface area contributed by atoms with E-state index >= 15 is 0 Å². The van der Waals surface area contributed by atoms with Gasteiger partial charge in [-0.3, -0.25) is 0 Å². The molecule has 1 aliphatic rings. The molecule has 7 rings (SSSR count). The maximum absolute atomic E-state index is 13.6. The van der Waals surface area contributed by atoms with Crippen LogP contribution >= 0.6 is 23.1 Å². The van der Waals surface area contributed by atoms with Gasteiger partial charge in [-0.05, 0) is 50.3 Å². The van der Waals surface area contributed by atoms with Crippen molar-refractivity contribution in [1.82, 2.24) is 0 Å². The highest BCUT2D eigenvalue weighted by Crippen LogP contribution is 2.46. The molecular weight excluding hydrogens is 657 g/mol. The Morgan fingerprint density at radius 1 is 0.740 bits per heavy atom. The third-order valence-electron chi connectivity index (χ3n) is 9.97. The monoisotopic (exact) mass is 700 g/mol. The zero-order chi connectivity index (χ0) is 35.1. The van der Waals surface area contributed by atoms with Crippen LogP contribution in [-0.4, -0.2) is 12.7 Å². The number of benzene rings is 5. The summed E-state index contributed by atoms with van der Waals surface area (Å²) in [6.07, 6.45) is 6.30. The Morgan fingerprint density at radius 2 is 1.30 bits per heavy atom. The lowest BCUT2D eigenvalue weighted by Gasteiger charge is -2.48. The van der Waals surface area contributed by atoms with Gasteiger partial charge in [-0.25, -0.2) is 8.78 Å². The Kier molecular flexibility index (Phi) is 11.4. The Labute approximate surface area is 303 Å². The summed E-state index contributed by atoms with van der Waals surface area (Å²) in [7, 11) is 0. The molecule has 7 heteroatoms. The molecule has 0 spiro atoms. The molecule has 50 heavy (non-hydrogen) atoms. The van der Waals surface area contributed by atoms with Crippen LogP contribution < -0.4 is 25.9 Å². The first-order valence-corrected chi connectivity index (χ1v) is 19.1. The summed E-state index contributed by atoms with van der Waals surface area (Å²) in [4.78, 5) is 3.18. The molecule has 0 saturated heterocycles. The van der Waals surface area contributed by atoms with E-state index in [9.17, 15) is 8.78 Å². The molecular formula is C43H43BF2N2S2. The first kappa shape index (κ1) is 35.4. The van der Waals surface area contributed by atoms with Crippen LogP contribution in [0.25, 0.3) is 16.3 Å². The molecule has 1 aromatic heterocycles. The summed E-state index contributed by atoms with van der Waals surface area (Å²) >= 11 is 3.29. The highest BCUT2D eigenvalue weighted by molar-refractivity contribution is 8.03. The van der Waals surface area contributed by atoms with Crippen LogP contribution in [0.2, 0.25) is 5.82 Å². The molecule has 1 aliphatic heterocycles. The normalized spacial score (nSPS) is 14.2. The number of hydrogen-bond acceptors (Lipinski definition) is 3. The van der Waals surface area contributed by atoms with Gasteiger partial charge in [-0.2, -0.15) is 26.8 Å². The largest absolute Gasteiger partial charge is 0.335 e. The fourth-order valence-corrected chi connectivity index (χ4v) is 9.69. The number of thioether (sulfide) groups is 1. The average Bonchev–Trinajstić information content (AvgIpc) is 3.69. The molecule has 0 N–H and O–H groups in total. The van der Waals surface area contributed by atoms with Crippen LogP contribution in [0.4, 0.5) is 14.5 Å². The van der Waals surface area contributed by atoms with Crippen molar-refractivity contribution in [2.75, 3.05) is 11.4 Å². The fourth-order valence-electron chi connectivity index (χ4n) is 7.45. The summed E-state index contributed by atoms with van der Waals surface area (Å²) in [6, 6.07) is 42.9. The number of halogens is 2. The predicted octanol–water partition coefficient (Wildman–Crippen LogP) is 9.93. The van der Waals surface area contributed by atoms with E-state index in [1.54, 1.807) is 35.2 Å². The van der Waals surface area contributed by atoms with Gasteiger partial charge in [0.15, 0.2) is 0 Å². The maximum atomic E-state index is 13.6. The molecule has 2 heterocycles. The number of thiazole rings is 1. The number of nitrogens with zero attached hydrogens (tertiary/aromatic N) is 2. The number of aryl methyl sites for hydroxylation is 1. The first-order chi connectivity index (χ1) is 24.4. The molecule has 6 aromatic rings. The second kappa shape index (κ2) is 16.0. The van der Waals surface area contributed by atoms with E-state index in [0.717, 1.165) is 50.3 Å². The molecule has 254 valence electrons. The molecule has 0 radical (unpaired) electrons. The van der Waals surface area contributed by atoms with Crippen molar-refractivity contribution < 1.29 is 13.3 Å². The molecule has 0 fully saturated rings. The van der Waals surface area contributed by atoms with E-state index in [4.69, 9.17) is 0 Å². The predicted molar refractivity (Wildman–Crippen MR) is 214 cm³/mol. The lowest BCUT2D eigenvalue weighted by atomic mass is 9.10. The van der Waals surface area contributed by atoms with Gasteiger partial charge in [0.25, 0.3) is 5.01 Å². The third kappa shape index (κ3) is 7.08. The van der Waals surface area contributed by atoms with Crippen LogP contribution in [0.5, 0.6) is 0 Å².